The third-order valence-electron chi connectivity index (χ3n) is 7.27. The Hall–Kier alpha value is -1.14. The summed E-state index contributed by atoms with van der Waals surface area (Å²) in [4.78, 5) is 12.8. The van der Waals surface area contributed by atoms with Crippen LogP contribution in [-0.2, 0) is 0 Å². The van der Waals surface area contributed by atoms with Crippen molar-refractivity contribution in [2.45, 2.75) is 58.4 Å². The second kappa shape index (κ2) is 7.60. The van der Waals surface area contributed by atoms with Crippen molar-refractivity contribution in [3.8, 4) is 5.75 Å². The molecule has 6 heteroatoms. The van der Waals surface area contributed by atoms with Crippen LogP contribution in [0.15, 0.2) is 16.6 Å². The number of amides is 1. The lowest BCUT2D eigenvalue weighted by Crippen LogP contribution is -2.57. The number of carbonyl (C=O) groups excluding carboxylic acids is 1. The lowest BCUT2D eigenvalue weighted by Gasteiger charge is -2.59. The minimum absolute atomic E-state index is 0.239. The van der Waals surface area contributed by atoms with Gasteiger partial charge in [0.15, 0.2) is 5.11 Å². The molecule has 0 radical (unpaired) electrons. The van der Waals surface area contributed by atoms with Crippen LogP contribution < -0.4 is 15.4 Å². The van der Waals surface area contributed by atoms with Crippen LogP contribution in [0.25, 0.3) is 0 Å². The van der Waals surface area contributed by atoms with Crippen molar-refractivity contribution in [1.82, 2.24) is 10.6 Å². The minimum atomic E-state index is -0.239. The molecule has 5 rings (SSSR count). The third kappa shape index (κ3) is 3.70. The fourth-order valence-corrected chi connectivity index (χ4v) is 7.28. The number of halogens is 1. The van der Waals surface area contributed by atoms with Crippen molar-refractivity contribution in [3.63, 3.8) is 0 Å². The van der Waals surface area contributed by atoms with Crippen molar-refractivity contribution >= 4 is 39.2 Å². The van der Waals surface area contributed by atoms with E-state index in [0.717, 1.165) is 27.8 Å². The average Bonchev–Trinajstić information content (AvgIpc) is 2.59. The van der Waals surface area contributed by atoms with Crippen molar-refractivity contribution in [3.05, 3.63) is 27.7 Å². The van der Waals surface area contributed by atoms with Gasteiger partial charge in [0.05, 0.1) is 12.7 Å². The van der Waals surface area contributed by atoms with Gasteiger partial charge in [0.25, 0.3) is 5.91 Å². The smallest absolute Gasteiger partial charge is 0.261 e. The molecule has 152 valence electrons. The second-order valence-corrected chi connectivity index (χ2v) is 10.6. The molecule has 4 aliphatic carbocycles. The first-order chi connectivity index (χ1) is 13.3. The van der Waals surface area contributed by atoms with Crippen LogP contribution in [0.4, 0.5) is 0 Å². The molecule has 4 nitrogen and oxygen atoms in total. The molecule has 0 aromatic heterocycles. The van der Waals surface area contributed by atoms with Gasteiger partial charge in [-0.05, 0) is 105 Å². The Morgan fingerprint density at radius 1 is 1.21 bits per heavy atom. The molecule has 1 amide bonds. The summed E-state index contributed by atoms with van der Waals surface area (Å²) in [5.41, 5.74) is 1.73. The zero-order valence-corrected chi connectivity index (χ0v) is 19.2. The van der Waals surface area contributed by atoms with Crippen LogP contribution in [0.5, 0.6) is 5.75 Å². The van der Waals surface area contributed by atoms with E-state index in [1.807, 2.05) is 13.0 Å². The molecule has 28 heavy (non-hydrogen) atoms. The molecule has 0 saturated heterocycles. The van der Waals surface area contributed by atoms with E-state index in [1.54, 1.807) is 13.2 Å². The third-order valence-corrected chi connectivity index (χ3v) is 7.94. The molecule has 4 saturated carbocycles. The van der Waals surface area contributed by atoms with Crippen LogP contribution >= 0.6 is 28.1 Å². The molecule has 0 heterocycles. The molecule has 1 atom stereocenters. The first-order valence-electron chi connectivity index (χ1n) is 10.3. The van der Waals surface area contributed by atoms with Crippen molar-refractivity contribution in [1.29, 1.82) is 0 Å². The normalized spacial score (nSPS) is 31.4. The van der Waals surface area contributed by atoms with E-state index in [9.17, 15) is 4.79 Å². The summed E-state index contributed by atoms with van der Waals surface area (Å²) in [6.45, 7) is 4.17. The van der Waals surface area contributed by atoms with Crippen LogP contribution in [0, 0.1) is 30.1 Å². The van der Waals surface area contributed by atoms with E-state index in [0.29, 0.717) is 21.8 Å². The van der Waals surface area contributed by atoms with Gasteiger partial charge in [0.1, 0.15) is 5.75 Å². The number of thiocarbonyl (C=S) groups is 1. The fourth-order valence-electron chi connectivity index (χ4n) is 6.43. The highest BCUT2D eigenvalue weighted by Crippen LogP contribution is 2.61. The summed E-state index contributed by atoms with van der Waals surface area (Å²) in [5, 5.41) is 6.73. The number of ether oxygens (including phenoxy) is 1. The number of hydrogen-bond acceptors (Lipinski definition) is 3. The van der Waals surface area contributed by atoms with Gasteiger partial charge in [0, 0.05) is 10.5 Å². The largest absolute Gasteiger partial charge is 0.496 e. The van der Waals surface area contributed by atoms with E-state index >= 15 is 0 Å². The predicted octanol–water partition coefficient (Wildman–Crippen LogP) is 4.98. The number of aryl methyl sites for hydroxylation is 1. The first-order valence-corrected chi connectivity index (χ1v) is 11.5. The lowest BCUT2D eigenvalue weighted by molar-refractivity contribution is -0.0672. The van der Waals surface area contributed by atoms with Gasteiger partial charge in [-0.15, -0.1) is 0 Å². The summed E-state index contributed by atoms with van der Waals surface area (Å²) in [6, 6.07) is 3.98. The highest BCUT2D eigenvalue weighted by atomic mass is 79.9. The topological polar surface area (TPSA) is 50.4 Å². The van der Waals surface area contributed by atoms with Crippen LogP contribution in [0.1, 0.15) is 61.4 Å². The molecule has 4 fully saturated rings. The van der Waals surface area contributed by atoms with E-state index in [2.05, 4.69) is 33.5 Å². The van der Waals surface area contributed by atoms with Crippen LogP contribution in [0.3, 0.4) is 0 Å². The van der Waals surface area contributed by atoms with Crippen molar-refractivity contribution < 1.29 is 9.53 Å². The summed E-state index contributed by atoms with van der Waals surface area (Å²) in [5.74, 6) is 3.03. The Bertz CT molecular complexity index is 775. The highest BCUT2D eigenvalue weighted by Gasteiger charge is 2.53. The Labute approximate surface area is 181 Å². The molecule has 0 spiro atoms. The molecule has 4 bridgehead atoms. The SMILES string of the molecule is COc1c(C)cc(Br)cc1C(=O)NC(=S)NC(C)C12CC3CC(CC(C3)C1)C2. The summed E-state index contributed by atoms with van der Waals surface area (Å²) in [7, 11) is 1.58. The number of hydrogen-bond donors (Lipinski definition) is 2. The van der Waals surface area contributed by atoms with E-state index in [4.69, 9.17) is 17.0 Å². The van der Waals surface area contributed by atoms with Gasteiger partial charge in [0.2, 0.25) is 0 Å². The Balaban J connectivity index is 1.43. The molecule has 4 aliphatic rings. The van der Waals surface area contributed by atoms with Gasteiger partial charge < -0.3 is 10.1 Å². The molecule has 1 aromatic rings. The van der Waals surface area contributed by atoms with Crippen molar-refractivity contribution in [2.75, 3.05) is 7.11 Å². The molecular formula is C22H29BrN2O2S. The number of benzene rings is 1. The van der Waals surface area contributed by atoms with E-state index in [-0.39, 0.29) is 11.9 Å². The maximum atomic E-state index is 12.8. The molecule has 1 unspecified atom stereocenters. The van der Waals surface area contributed by atoms with Crippen LogP contribution in [0.2, 0.25) is 0 Å². The zero-order valence-electron chi connectivity index (χ0n) is 16.8. The molecule has 1 aromatic carbocycles. The predicted molar refractivity (Wildman–Crippen MR) is 119 cm³/mol. The van der Waals surface area contributed by atoms with Gasteiger partial charge in [-0.3, -0.25) is 10.1 Å². The minimum Gasteiger partial charge on any atom is -0.496 e. The van der Waals surface area contributed by atoms with Crippen LogP contribution in [-0.4, -0.2) is 24.2 Å². The maximum Gasteiger partial charge on any atom is 0.261 e. The fraction of sp³-hybridized carbons (Fsp3) is 0.636. The van der Waals surface area contributed by atoms with Gasteiger partial charge in [-0.1, -0.05) is 15.9 Å². The number of carbonyl (C=O) groups is 1. The maximum absolute atomic E-state index is 12.8. The Kier molecular flexibility index (Phi) is 5.47. The summed E-state index contributed by atoms with van der Waals surface area (Å²) < 4.78 is 6.28. The highest BCUT2D eigenvalue weighted by molar-refractivity contribution is 9.10. The average molecular weight is 465 g/mol. The zero-order chi connectivity index (χ0) is 20.1. The molecule has 2 N–H and O–H groups in total. The summed E-state index contributed by atoms with van der Waals surface area (Å²) >= 11 is 8.97. The van der Waals surface area contributed by atoms with E-state index < -0.39 is 0 Å². The number of rotatable bonds is 4. The van der Waals surface area contributed by atoms with Crippen molar-refractivity contribution in [2.24, 2.45) is 23.2 Å². The monoisotopic (exact) mass is 464 g/mol. The standard InChI is InChI=1S/C22H29BrN2O2S/c1-12-4-17(23)8-18(19(12)27-3)20(26)25-21(28)24-13(2)22-9-14-5-15(10-22)7-16(6-14)11-22/h4,8,13-16H,5-7,9-11H2,1-3H3,(H2,24,25,26,28). The number of nitrogens with one attached hydrogen (secondary N) is 2. The molecular weight excluding hydrogens is 436 g/mol. The van der Waals surface area contributed by atoms with E-state index in [1.165, 1.54) is 38.5 Å². The quantitative estimate of drug-likeness (QED) is 0.617. The van der Waals surface area contributed by atoms with Gasteiger partial charge >= 0.3 is 0 Å². The number of methoxy groups -OCH3 is 1. The second-order valence-electron chi connectivity index (χ2n) is 9.23. The summed E-state index contributed by atoms with van der Waals surface area (Å²) in [6.07, 6.45) is 8.20. The Morgan fingerprint density at radius 3 is 2.32 bits per heavy atom. The Morgan fingerprint density at radius 2 is 1.79 bits per heavy atom. The lowest BCUT2D eigenvalue weighted by atomic mass is 9.48. The van der Waals surface area contributed by atoms with Gasteiger partial charge in [-0.2, -0.15) is 0 Å². The molecule has 0 aliphatic heterocycles. The first kappa shape index (κ1) is 20.1. The van der Waals surface area contributed by atoms with Gasteiger partial charge in [-0.25, -0.2) is 0 Å².